The van der Waals surface area contributed by atoms with Crippen molar-refractivity contribution in [1.82, 2.24) is 10.2 Å². The van der Waals surface area contributed by atoms with Gasteiger partial charge in [0.05, 0.1) is 12.1 Å². The van der Waals surface area contributed by atoms with Gasteiger partial charge in [-0.2, -0.15) is 13.2 Å². The normalized spacial score (nSPS) is 18.1. The molecule has 1 fully saturated rings. The number of carbonyl (C=O) groups is 1. The lowest BCUT2D eigenvalue weighted by Gasteiger charge is -2.17. The van der Waals surface area contributed by atoms with E-state index in [1.807, 2.05) is 0 Å². The van der Waals surface area contributed by atoms with Crippen molar-refractivity contribution in [2.45, 2.75) is 12.6 Å². The highest BCUT2D eigenvalue weighted by Gasteiger charge is 2.30. The minimum Gasteiger partial charge on any atom is -0.492 e. The smallest absolute Gasteiger partial charge is 0.416 e. The summed E-state index contributed by atoms with van der Waals surface area (Å²) in [6.45, 7) is 1.42. The summed E-state index contributed by atoms with van der Waals surface area (Å²) in [5.74, 6) is 0.220. The first-order valence-corrected chi connectivity index (χ1v) is 7.34. The van der Waals surface area contributed by atoms with Gasteiger partial charge in [0.1, 0.15) is 12.4 Å². The number of hydrogen-bond acceptors (Lipinski definition) is 3. The number of rotatable bonds is 5. The van der Waals surface area contributed by atoms with Crippen molar-refractivity contribution in [3.05, 3.63) is 29.8 Å². The van der Waals surface area contributed by atoms with Crippen molar-refractivity contribution in [2.75, 3.05) is 32.8 Å². The van der Waals surface area contributed by atoms with Gasteiger partial charge in [0.25, 0.3) is 0 Å². The van der Waals surface area contributed by atoms with E-state index in [0.717, 1.165) is 18.6 Å². The molecule has 2 N–H and O–H groups in total. The molecule has 1 atom stereocenters. The SMILES string of the molecule is O=C(NCCOc1cccc(C(F)(F)F)c1)N1CCC(CO)C1. The molecule has 0 bridgehead atoms. The predicted molar refractivity (Wildman–Crippen MR) is 77.1 cm³/mol. The maximum absolute atomic E-state index is 12.6. The fourth-order valence-electron chi connectivity index (χ4n) is 2.37. The molecule has 5 nitrogen and oxygen atoms in total. The Morgan fingerprint density at radius 2 is 2.22 bits per heavy atom. The lowest BCUT2D eigenvalue weighted by atomic mass is 10.1. The molecule has 1 heterocycles. The Morgan fingerprint density at radius 1 is 1.43 bits per heavy atom. The molecule has 1 aliphatic heterocycles. The summed E-state index contributed by atoms with van der Waals surface area (Å²) in [6.07, 6.45) is -3.64. The summed E-state index contributed by atoms with van der Waals surface area (Å²) >= 11 is 0. The lowest BCUT2D eigenvalue weighted by molar-refractivity contribution is -0.137. The maximum atomic E-state index is 12.6. The molecular formula is C15H19F3N2O3. The molecule has 1 saturated heterocycles. The van der Waals surface area contributed by atoms with Crippen molar-refractivity contribution >= 4 is 6.03 Å². The quantitative estimate of drug-likeness (QED) is 0.812. The Bertz CT molecular complexity index is 537. The minimum absolute atomic E-state index is 0.0580. The van der Waals surface area contributed by atoms with Crippen LogP contribution in [0.2, 0.25) is 0 Å². The Balaban J connectivity index is 1.72. The van der Waals surface area contributed by atoms with E-state index in [1.165, 1.54) is 12.1 Å². The zero-order chi connectivity index (χ0) is 16.9. The Kier molecular flexibility index (Phi) is 5.70. The van der Waals surface area contributed by atoms with Gasteiger partial charge in [0.15, 0.2) is 0 Å². The Labute approximate surface area is 132 Å². The van der Waals surface area contributed by atoms with Crippen LogP contribution in [-0.4, -0.2) is 48.9 Å². The second kappa shape index (κ2) is 7.54. The summed E-state index contributed by atoms with van der Waals surface area (Å²) in [7, 11) is 0. The maximum Gasteiger partial charge on any atom is 0.416 e. The van der Waals surface area contributed by atoms with Crippen molar-refractivity contribution < 1.29 is 27.8 Å². The highest BCUT2D eigenvalue weighted by Crippen LogP contribution is 2.31. The van der Waals surface area contributed by atoms with Crippen LogP contribution in [-0.2, 0) is 6.18 Å². The van der Waals surface area contributed by atoms with Gasteiger partial charge in [-0.15, -0.1) is 0 Å². The summed E-state index contributed by atoms with van der Waals surface area (Å²) in [5, 5.41) is 11.7. The van der Waals surface area contributed by atoms with Crippen molar-refractivity contribution in [3.63, 3.8) is 0 Å². The molecule has 2 amide bonds. The van der Waals surface area contributed by atoms with E-state index in [2.05, 4.69) is 5.32 Å². The number of alkyl halides is 3. The Hall–Kier alpha value is -1.96. The van der Waals surface area contributed by atoms with Crippen LogP contribution in [0.4, 0.5) is 18.0 Å². The van der Waals surface area contributed by atoms with Crippen LogP contribution in [0.25, 0.3) is 0 Å². The van der Waals surface area contributed by atoms with Crippen LogP contribution in [0, 0.1) is 5.92 Å². The molecule has 128 valence electrons. The van der Waals surface area contributed by atoms with Crippen LogP contribution < -0.4 is 10.1 Å². The predicted octanol–water partition coefficient (Wildman–Crippen LogP) is 2.11. The monoisotopic (exact) mass is 332 g/mol. The van der Waals surface area contributed by atoms with E-state index in [-0.39, 0.29) is 37.5 Å². The minimum atomic E-state index is -4.41. The molecule has 0 aromatic heterocycles. The third-order valence-electron chi connectivity index (χ3n) is 3.64. The third-order valence-corrected chi connectivity index (χ3v) is 3.64. The van der Waals surface area contributed by atoms with Crippen molar-refractivity contribution in [3.8, 4) is 5.75 Å². The average Bonchev–Trinajstić information content (AvgIpc) is 3.00. The van der Waals surface area contributed by atoms with E-state index in [4.69, 9.17) is 9.84 Å². The van der Waals surface area contributed by atoms with Gasteiger partial charge in [0.2, 0.25) is 0 Å². The molecule has 0 spiro atoms. The van der Waals surface area contributed by atoms with Crippen LogP contribution in [0.5, 0.6) is 5.75 Å². The van der Waals surface area contributed by atoms with Gasteiger partial charge in [-0.05, 0) is 24.6 Å². The number of likely N-dealkylation sites (tertiary alicyclic amines) is 1. The fourth-order valence-corrected chi connectivity index (χ4v) is 2.37. The molecule has 0 saturated carbocycles. The van der Waals surface area contributed by atoms with Gasteiger partial charge in [0, 0.05) is 25.6 Å². The first-order valence-electron chi connectivity index (χ1n) is 7.34. The highest BCUT2D eigenvalue weighted by atomic mass is 19.4. The summed E-state index contributed by atoms with van der Waals surface area (Å²) in [5.41, 5.74) is -0.772. The van der Waals surface area contributed by atoms with E-state index in [0.29, 0.717) is 13.1 Å². The molecule has 2 rings (SSSR count). The molecule has 0 radical (unpaired) electrons. The molecule has 1 unspecified atom stereocenters. The van der Waals surface area contributed by atoms with Crippen molar-refractivity contribution in [2.24, 2.45) is 5.92 Å². The molecule has 1 aromatic carbocycles. The molecular weight excluding hydrogens is 313 g/mol. The Morgan fingerprint density at radius 3 is 2.87 bits per heavy atom. The van der Waals surface area contributed by atoms with E-state index in [9.17, 15) is 18.0 Å². The second-order valence-corrected chi connectivity index (χ2v) is 5.39. The fraction of sp³-hybridized carbons (Fsp3) is 0.533. The van der Waals surface area contributed by atoms with Crippen LogP contribution in [0.1, 0.15) is 12.0 Å². The van der Waals surface area contributed by atoms with Gasteiger partial charge >= 0.3 is 12.2 Å². The molecule has 8 heteroatoms. The van der Waals surface area contributed by atoms with Crippen molar-refractivity contribution in [1.29, 1.82) is 0 Å². The number of carbonyl (C=O) groups excluding carboxylic acids is 1. The number of urea groups is 1. The number of benzene rings is 1. The molecule has 1 aliphatic rings. The molecule has 1 aromatic rings. The van der Waals surface area contributed by atoms with Gasteiger partial charge in [-0.3, -0.25) is 0 Å². The van der Waals surface area contributed by atoms with Gasteiger partial charge in [-0.1, -0.05) is 6.07 Å². The van der Waals surface area contributed by atoms with Gasteiger partial charge < -0.3 is 20.1 Å². The van der Waals surface area contributed by atoms with E-state index in [1.54, 1.807) is 4.90 Å². The first-order chi connectivity index (χ1) is 10.9. The molecule has 0 aliphatic carbocycles. The van der Waals surface area contributed by atoms with E-state index >= 15 is 0 Å². The number of nitrogens with one attached hydrogen (secondary N) is 1. The average molecular weight is 332 g/mol. The molecule has 23 heavy (non-hydrogen) atoms. The summed E-state index contributed by atoms with van der Waals surface area (Å²) in [4.78, 5) is 13.4. The number of hydrogen-bond donors (Lipinski definition) is 2. The topological polar surface area (TPSA) is 61.8 Å². The number of aliphatic hydroxyl groups is 1. The number of aliphatic hydroxyl groups excluding tert-OH is 1. The zero-order valence-electron chi connectivity index (χ0n) is 12.5. The van der Waals surface area contributed by atoms with Gasteiger partial charge in [-0.25, -0.2) is 4.79 Å². The largest absolute Gasteiger partial charge is 0.492 e. The van der Waals surface area contributed by atoms with Crippen LogP contribution in [0.3, 0.4) is 0 Å². The highest BCUT2D eigenvalue weighted by molar-refractivity contribution is 5.74. The summed E-state index contributed by atoms with van der Waals surface area (Å²) < 4.78 is 42.9. The number of nitrogens with zero attached hydrogens (tertiary/aromatic N) is 1. The second-order valence-electron chi connectivity index (χ2n) is 5.39. The third kappa shape index (κ3) is 5.02. The number of amides is 2. The standard InChI is InChI=1S/C15H19F3N2O3/c16-15(17,18)12-2-1-3-13(8-12)23-7-5-19-14(22)20-6-4-11(9-20)10-21/h1-3,8,11,21H,4-7,9-10H2,(H,19,22). The van der Waals surface area contributed by atoms with Crippen LogP contribution in [0.15, 0.2) is 24.3 Å². The zero-order valence-corrected chi connectivity index (χ0v) is 12.5. The number of ether oxygens (including phenoxy) is 1. The summed E-state index contributed by atoms with van der Waals surface area (Å²) in [6, 6.07) is 4.35. The number of halogens is 3. The van der Waals surface area contributed by atoms with Crippen LogP contribution >= 0.6 is 0 Å². The lowest BCUT2D eigenvalue weighted by Crippen LogP contribution is -2.40. The van der Waals surface area contributed by atoms with E-state index < -0.39 is 11.7 Å². The first kappa shape index (κ1) is 17.4.